The van der Waals surface area contributed by atoms with Crippen LogP contribution in [0.25, 0.3) is 0 Å². The Morgan fingerprint density at radius 2 is 1.84 bits per heavy atom. The van der Waals surface area contributed by atoms with E-state index in [4.69, 9.17) is 16.0 Å². The minimum atomic E-state index is -1.19. The molecule has 1 saturated carbocycles. The van der Waals surface area contributed by atoms with Crippen LogP contribution in [0.4, 0.5) is 0 Å². The number of likely N-dealkylation sites (tertiary alicyclic amines) is 1. The predicted octanol–water partition coefficient (Wildman–Crippen LogP) is 8.05. The number of hydrogen-bond acceptors (Lipinski definition) is 5. The number of piperidine rings is 1. The van der Waals surface area contributed by atoms with Crippen molar-refractivity contribution in [2.24, 2.45) is 11.8 Å². The lowest BCUT2D eigenvalue weighted by molar-refractivity contribution is -0.0243. The first-order valence-electron chi connectivity index (χ1n) is 13.6. The molecule has 2 aliphatic rings. The molecular formula is C31H37ClN2O2S. The molecule has 1 aliphatic carbocycles. The maximum absolute atomic E-state index is 12.1. The Hall–Kier alpha value is -2.05. The van der Waals surface area contributed by atoms with Gasteiger partial charge >= 0.3 is 0 Å². The minimum absolute atomic E-state index is 0.120. The molecule has 1 saturated heterocycles. The lowest BCUT2D eigenvalue weighted by atomic mass is 9.73. The third kappa shape index (κ3) is 6.17. The molecule has 1 aromatic heterocycles. The van der Waals surface area contributed by atoms with Crippen LogP contribution in [0.2, 0.25) is 5.02 Å². The van der Waals surface area contributed by atoms with Gasteiger partial charge in [0, 0.05) is 22.4 Å². The standard InChI is InChI=1S/C31H37ClN2O2S/c1-2-23-17-18-34(20-24(23)22-37-29-15-13-27(32)14-16-29)21-28-19-33-30(36-28)31(35,25-9-5-3-6-10-25)26-11-7-4-8-12-26/h3,5-6,9-10,13-16,19,22-23,26,35H,2,4,7-8,11-12,17-18,20-21H2,1H3. The van der Waals surface area contributed by atoms with Gasteiger partial charge in [0.1, 0.15) is 5.76 Å². The molecule has 3 aromatic rings. The van der Waals surface area contributed by atoms with Crippen LogP contribution in [0.15, 0.2) is 81.1 Å². The van der Waals surface area contributed by atoms with Crippen molar-refractivity contribution < 1.29 is 9.52 Å². The summed E-state index contributed by atoms with van der Waals surface area (Å²) >= 11 is 7.82. The van der Waals surface area contributed by atoms with Crippen LogP contribution in [0, 0.1) is 11.8 Å². The molecular weight excluding hydrogens is 500 g/mol. The number of rotatable bonds is 8. The Morgan fingerprint density at radius 1 is 1.08 bits per heavy atom. The van der Waals surface area contributed by atoms with Gasteiger partial charge in [0.05, 0.1) is 12.7 Å². The second-order valence-corrected chi connectivity index (χ2v) is 11.8. The molecule has 2 fully saturated rings. The fourth-order valence-corrected chi connectivity index (χ4v) is 6.88. The van der Waals surface area contributed by atoms with Gasteiger partial charge in [-0.15, -0.1) is 0 Å². The van der Waals surface area contributed by atoms with Crippen LogP contribution >= 0.6 is 23.4 Å². The summed E-state index contributed by atoms with van der Waals surface area (Å²) < 4.78 is 6.35. The second kappa shape index (κ2) is 12.2. The molecule has 0 spiro atoms. The Morgan fingerprint density at radius 3 is 2.57 bits per heavy atom. The van der Waals surface area contributed by atoms with Crippen molar-refractivity contribution in [3.63, 3.8) is 0 Å². The fourth-order valence-electron chi connectivity index (χ4n) is 5.91. The number of benzene rings is 2. The van der Waals surface area contributed by atoms with Gasteiger partial charge in [0.15, 0.2) is 5.60 Å². The zero-order chi connectivity index (χ0) is 25.7. The van der Waals surface area contributed by atoms with E-state index in [-0.39, 0.29) is 5.92 Å². The number of aromatic nitrogens is 1. The molecule has 4 nitrogen and oxygen atoms in total. The highest BCUT2D eigenvalue weighted by atomic mass is 35.5. The fraction of sp³-hybridized carbons (Fsp3) is 0.452. The maximum Gasteiger partial charge on any atom is 0.231 e. The summed E-state index contributed by atoms with van der Waals surface area (Å²) in [5, 5.41) is 15.2. The third-order valence-electron chi connectivity index (χ3n) is 8.05. The lowest BCUT2D eigenvalue weighted by Gasteiger charge is -2.36. The molecule has 2 aromatic carbocycles. The number of thioether (sulfide) groups is 1. The Labute approximate surface area is 230 Å². The molecule has 6 heteroatoms. The van der Waals surface area contributed by atoms with Crippen molar-refractivity contribution in [2.75, 3.05) is 13.1 Å². The first kappa shape index (κ1) is 26.6. The van der Waals surface area contributed by atoms with Gasteiger partial charge in [0.2, 0.25) is 5.89 Å². The summed E-state index contributed by atoms with van der Waals surface area (Å²) in [6, 6.07) is 18.0. The van der Waals surface area contributed by atoms with Crippen LogP contribution in [-0.4, -0.2) is 28.1 Å². The van der Waals surface area contributed by atoms with Crippen molar-refractivity contribution in [3.05, 3.63) is 94.0 Å². The normalized spacial score (nSPS) is 22.2. The molecule has 2 unspecified atom stereocenters. The van der Waals surface area contributed by atoms with Crippen LogP contribution in [0.3, 0.4) is 0 Å². The summed E-state index contributed by atoms with van der Waals surface area (Å²) in [6.45, 7) is 4.92. The highest BCUT2D eigenvalue weighted by molar-refractivity contribution is 8.02. The number of halogens is 1. The monoisotopic (exact) mass is 536 g/mol. The summed E-state index contributed by atoms with van der Waals surface area (Å²) in [4.78, 5) is 8.30. The molecule has 2 atom stereocenters. The van der Waals surface area contributed by atoms with Crippen LogP contribution in [0.5, 0.6) is 0 Å². The van der Waals surface area contributed by atoms with Crippen molar-refractivity contribution in [3.8, 4) is 0 Å². The molecule has 2 heterocycles. The van der Waals surface area contributed by atoms with Crippen LogP contribution < -0.4 is 0 Å². The molecule has 196 valence electrons. The first-order valence-corrected chi connectivity index (χ1v) is 14.9. The van der Waals surface area contributed by atoms with Gasteiger partial charge in [-0.3, -0.25) is 4.90 Å². The summed E-state index contributed by atoms with van der Waals surface area (Å²) in [6.07, 6.45) is 9.62. The minimum Gasteiger partial charge on any atom is -0.441 e. The molecule has 1 N–H and O–H groups in total. The highest BCUT2D eigenvalue weighted by Gasteiger charge is 2.44. The van der Waals surface area contributed by atoms with Crippen molar-refractivity contribution in [1.82, 2.24) is 9.88 Å². The molecule has 0 radical (unpaired) electrons. The van der Waals surface area contributed by atoms with E-state index >= 15 is 0 Å². The van der Waals surface area contributed by atoms with E-state index in [0.717, 1.165) is 68.0 Å². The first-order chi connectivity index (χ1) is 18.1. The van der Waals surface area contributed by atoms with E-state index in [2.05, 4.69) is 34.3 Å². The average Bonchev–Trinajstić information content (AvgIpc) is 3.42. The Bertz CT molecular complexity index is 1170. The maximum atomic E-state index is 12.1. The quantitative estimate of drug-likeness (QED) is 0.295. The van der Waals surface area contributed by atoms with Gasteiger partial charge in [-0.1, -0.05) is 79.9 Å². The van der Waals surface area contributed by atoms with Gasteiger partial charge < -0.3 is 9.52 Å². The van der Waals surface area contributed by atoms with Crippen LogP contribution in [0.1, 0.15) is 69.1 Å². The Balaban J connectivity index is 1.32. The molecule has 1 aliphatic heterocycles. The highest BCUT2D eigenvalue weighted by Crippen LogP contribution is 2.43. The summed E-state index contributed by atoms with van der Waals surface area (Å²) in [5.74, 6) is 1.99. The Kier molecular flexibility index (Phi) is 8.76. The molecule has 0 bridgehead atoms. The van der Waals surface area contributed by atoms with E-state index in [0.29, 0.717) is 18.4 Å². The smallest absolute Gasteiger partial charge is 0.231 e. The lowest BCUT2D eigenvalue weighted by Crippen LogP contribution is -2.38. The van der Waals surface area contributed by atoms with Crippen molar-refractivity contribution in [1.29, 1.82) is 0 Å². The van der Waals surface area contributed by atoms with E-state index in [1.54, 1.807) is 11.8 Å². The van der Waals surface area contributed by atoms with Gasteiger partial charge in [-0.05, 0) is 79.0 Å². The number of aliphatic hydroxyl groups is 1. The van der Waals surface area contributed by atoms with E-state index in [9.17, 15) is 5.11 Å². The zero-order valence-corrected chi connectivity index (χ0v) is 23.2. The largest absolute Gasteiger partial charge is 0.441 e. The topological polar surface area (TPSA) is 49.5 Å². The van der Waals surface area contributed by atoms with Crippen molar-refractivity contribution in [2.45, 2.75) is 68.9 Å². The average molecular weight is 537 g/mol. The molecule has 5 rings (SSSR count). The van der Waals surface area contributed by atoms with E-state index in [1.807, 2.05) is 48.7 Å². The second-order valence-electron chi connectivity index (χ2n) is 10.5. The number of hydrogen-bond donors (Lipinski definition) is 1. The summed E-state index contributed by atoms with van der Waals surface area (Å²) in [5.41, 5.74) is 1.16. The van der Waals surface area contributed by atoms with E-state index in [1.165, 1.54) is 16.9 Å². The predicted molar refractivity (Wildman–Crippen MR) is 152 cm³/mol. The summed E-state index contributed by atoms with van der Waals surface area (Å²) in [7, 11) is 0. The molecule has 0 amide bonds. The third-order valence-corrected chi connectivity index (χ3v) is 9.26. The van der Waals surface area contributed by atoms with Crippen LogP contribution in [-0.2, 0) is 12.1 Å². The number of nitrogens with zero attached hydrogens (tertiary/aromatic N) is 2. The van der Waals surface area contributed by atoms with Gasteiger partial charge in [0.25, 0.3) is 0 Å². The molecule has 37 heavy (non-hydrogen) atoms. The van der Waals surface area contributed by atoms with Crippen molar-refractivity contribution >= 4 is 23.4 Å². The zero-order valence-electron chi connectivity index (χ0n) is 21.6. The SMILES string of the molecule is CCC1CCN(Cc2cnc(C(O)(c3ccccc3)C3CCCCC3)o2)CC1=CSc1ccc(Cl)cc1. The van der Waals surface area contributed by atoms with Gasteiger partial charge in [-0.2, -0.15) is 0 Å². The van der Waals surface area contributed by atoms with Gasteiger partial charge in [-0.25, -0.2) is 4.98 Å². The number of oxazole rings is 1. The van der Waals surface area contributed by atoms with E-state index < -0.39 is 5.60 Å².